The van der Waals surface area contributed by atoms with Gasteiger partial charge in [-0.25, -0.2) is 0 Å². The monoisotopic (exact) mass is 357 g/mol. The van der Waals surface area contributed by atoms with Crippen LogP contribution in [0.3, 0.4) is 0 Å². The fraction of sp³-hybridized carbons (Fsp3) is 0.500. The lowest BCUT2D eigenvalue weighted by molar-refractivity contribution is -0.135. The van der Waals surface area contributed by atoms with Crippen LogP contribution in [0.1, 0.15) is 31.7 Å². The summed E-state index contributed by atoms with van der Waals surface area (Å²) in [4.78, 5) is 29.4. The van der Waals surface area contributed by atoms with Crippen LogP contribution in [0.2, 0.25) is 0 Å². The topological polar surface area (TPSA) is 74.4 Å². The first-order valence-corrected chi connectivity index (χ1v) is 9.32. The summed E-state index contributed by atoms with van der Waals surface area (Å²) in [7, 11) is 1.66. The number of piperidine rings is 1. The smallest absolute Gasteiger partial charge is 0.224 e. The second-order valence-electron chi connectivity index (χ2n) is 6.80. The number of hydrogen-bond donors (Lipinski definition) is 2. The van der Waals surface area contributed by atoms with Gasteiger partial charge < -0.3 is 19.9 Å². The van der Waals surface area contributed by atoms with Crippen molar-refractivity contribution in [2.24, 2.45) is 5.92 Å². The number of fused-ring (bicyclic) bond motifs is 1. The van der Waals surface area contributed by atoms with Gasteiger partial charge in [0.25, 0.3) is 0 Å². The molecule has 1 aliphatic heterocycles. The molecule has 0 aliphatic carbocycles. The molecule has 1 atom stereocenters. The molecule has 1 aromatic heterocycles. The molecule has 0 bridgehead atoms. The number of benzene rings is 1. The summed E-state index contributed by atoms with van der Waals surface area (Å²) >= 11 is 0. The van der Waals surface area contributed by atoms with Crippen molar-refractivity contribution in [3.05, 3.63) is 30.0 Å². The Labute approximate surface area is 153 Å². The molecule has 1 saturated heterocycles. The van der Waals surface area contributed by atoms with E-state index < -0.39 is 0 Å². The molecule has 0 radical (unpaired) electrons. The van der Waals surface area contributed by atoms with Crippen LogP contribution >= 0.6 is 0 Å². The van der Waals surface area contributed by atoms with Gasteiger partial charge in [-0.1, -0.05) is 6.92 Å². The number of H-pyrrole nitrogens is 1. The van der Waals surface area contributed by atoms with Crippen molar-refractivity contribution in [2.75, 3.05) is 26.7 Å². The minimum Gasteiger partial charge on any atom is -0.497 e. The van der Waals surface area contributed by atoms with Gasteiger partial charge in [-0.2, -0.15) is 0 Å². The molecule has 3 rings (SSSR count). The van der Waals surface area contributed by atoms with Crippen LogP contribution in [-0.4, -0.2) is 48.4 Å². The molecular weight excluding hydrogens is 330 g/mol. The molecule has 1 fully saturated rings. The Bertz CT molecular complexity index is 784. The van der Waals surface area contributed by atoms with Crippen molar-refractivity contribution in [3.8, 4) is 5.75 Å². The number of amides is 2. The van der Waals surface area contributed by atoms with E-state index in [4.69, 9.17) is 4.74 Å². The summed E-state index contributed by atoms with van der Waals surface area (Å²) in [5, 5.41) is 4.16. The second kappa shape index (κ2) is 8.25. The van der Waals surface area contributed by atoms with E-state index in [2.05, 4.69) is 10.3 Å². The standard InChI is InChI=1S/C20H27N3O3/c1-3-19(24)23-10-4-5-15(13-23)20(25)21-9-8-14-12-22-18-7-6-16(26-2)11-17(14)18/h6-7,11-12,15,22H,3-5,8-10,13H2,1-2H3,(H,21,25). The zero-order valence-corrected chi connectivity index (χ0v) is 15.5. The molecule has 1 unspecified atom stereocenters. The number of nitrogens with zero attached hydrogens (tertiary/aromatic N) is 1. The SMILES string of the molecule is CCC(=O)N1CCCC(C(=O)NCCc2c[nH]c3ccc(OC)cc23)C1. The molecule has 2 aromatic rings. The van der Waals surface area contributed by atoms with Gasteiger partial charge in [0, 0.05) is 43.2 Å². The van der Waals surface area contributed by atoms with E-state index in [1.807, 2.05) is 36.2 Å². The van der Waals surface area contributed by atoms with E-state index in [9.17, 15) is 9.59 Å². The number of carbonyl (C=O) groups excluding carboxylic acids is 2. The molecule has 1 aliphatic rings. The van der Waals surface area contributed by atoms with E-state index in [1.165, 1.54) is 0 Å². The largest absolute Gasteiger partial charge is 0.497 e. The molecule has 26 heavy (non-hydrogen) atoms. The fourth-order valence-corrected chi connectivity index (χ4v) is 3.60. The number of carbonyl (C=O) groups is 2. The number of hydrogen-bond acceptors (Lipinski definition) is 3. The minimum absolute atomic E-state index is 0.0519. The predicted octanol–water partition coefficient (Wildman–Crippen LogP) is 2.48. The molecular formula is C20H27N3O3. The third-order valence-corrected chi connectivity index (χ3v) is 5.12. The third-order valence-electron chi connectivity index (χ3n) is 5.12. The van der Waals surface area contributed by atoms with Crippen LogP contribution in [0, 0.1) is 5.92 Å². The van der Waals surface area contributed by atoms with E-state index in [0.29, 0.717) is 19.5 Å². The Hall–Kier alpha value is -2.50. The highest BCUT2D eigenvalue weighted by atomic mass is 16.5. The molecule has 140 valence electrons. The van der Waals surface area contributed by atoms with E-state index in [1.54, 1.807) is 7.11 Å². The summed E-state index contributed by atoms with van der Waals surface area (Å²) < 4.78 is 5.29. The molecule has 6 nitrogen and oxygen atoms in total. The van der Waals surface area contributed by atoms with Gasteiger partial charge in [-0.15, -0.1) is 0 Å². The number of ether oxygens (including phenoxy) is 1. The Morgan fingerprint density at radius 3 is 3.00 bits per heavy atom. The molecule has 0 spiro atoms. The molecule has 0 saturated carbocycles. The average Bonchev–Trinajstić information content (AvgIpc) is 3.09. The summed E-state index contributed by atoms with van der Waals surface area (Å²) in [6.45, 7) is 3.76. The Morgan fingerprint density at radius 2 is 2.23 bits per heavy atom. The zero-order chi connectivity index (χ0) is 18.5. The summed E-state index contributed by atoms with van der Waals surface area (Å²) in [5.41, 5.74) is 2.22. The number of methoxy groups -OCH3 is 1. The summed E-state index contributed by atoms with van der Waals surface area (Å²) in [5.74, 6) is 0.916. The van der Waals surface area contributed by atoms with E-state index in [0.717, 1.165) is 48.0 Å². The fourth-order valence-electron chi connectivity index (χ4n) is 3.60. The number of aromatic amines is 1. The first-order chi connectivity index (χ1) is 12.6. The quantitative estimate of drug-likeness (QED) is 0.834. The Balaban J connectivity index is 1.54. The summed E-state index contributed by atoms with van der Waals surface area (Å²) in [6.07, 6.45) is 4.98. The van der Waals surface area contributed by atoms with Crippen LogP contribution in [0.5, 0.6) is 5.75 Å². The normalized spacial score (nSPS) is 17.3. The van der Waals surface area contributed by atoms with Crippen molar-refractivity contribution < 1.29 is 14.3 Å². The number of rotatable bonds is 6. The minimum atomic E-state index is -0.0951. The van der Waals surface area contributed by atoms with Gasteiger partial charge in [0.15, 0.2) is 0 Å². The predicted molar refractivity (Wildman–Crippen MR) is 101 cm³/mol. The highest BCUT2D eigenvalue weighted by molar-refractivity contribution is 5.85. The van der Waals surface area contributed by atoms with Gasteiger partial charge in [0.1, 0.15) is 5.75 Å². The van der Waals surface area contributed by atoms with Crippen LogP contribution in [0.25, 0.3) is 10.9 Å². The van der Waals surface area contributed by atoms with Gasteiger partial charge in [-0.05, 0) is 43.0 Å². The van der Waals surface area contributed by atoms with Crippen molar-refractivity contribution in [1.29, 1.82) is 0 Å². The van der Waals surface area contributed by atoms with Crippen LogP contribution in [0.4, 0.5) is 0 Å². The van der Waals surface area contributed by atoms with Crippen LogP contribution < -0.4 is 10.1 Å². The Kier molecular flexibility index (Phi) is 5.81. The maximum atomic E-state index is 12.5. The molecule has 2 N–H and O–H groups in total. The van der Waals surface area contributed by atoms with Crippen LogP contribution in [0.15, 0.2) is 24.4 Å². The van der Waals surface area contributed by atoms with E-state index >= 15 is 0 Å². The highest BCUT2D eigenvalue weighted by Gasteiger charge is 2.27. The van der Waals surface area contributed by atoms with Gasteiger partial charge in [-0.3, -0.25) is 9.59 Å². The maximum Gasteiger partial charge on any atom is 0.224 e. The number of aromatic nitrogens is 1. The van der Waals surface area contributed by atoms with Crippen LogP contribution in [-0.2, 0) is 16.0 Å². The number of nitrogens with one attached hydrogen (secondary N) is 2. The lowest BCUT2D eigenvalue weighted by atomic mass is 9.96. The lowest BCUT2D eigenvalue weighted by Gasteiger charge is -2.31. The van der Waals surface area contributed by atoms with Crippen molar-refractivity contribution in [3.63, 3.8) is 0 Å². The van der Waals surface area contributed by atoms with Crippen molar-refractivity contribution in [2.45, 2.75) is 32.6 Å². The van der Waals surface area contributed by atoms with Crippen molar-refractivity contribution in [1.82, 2.24) is 15.2 Å². The Morgan fingerprint density at radius 1 is 1.38 bits per heavy atom. The van der Waals surface area contributed by atoms with E-state index in [-0.39, 0.29) is 17.7 Å². The summed E-state index contributed by atoms with van der Waals surface area (Å²) in [6, 6.07) is 5.94. The first kappa shape index (κ1) is 18.3. The zero-order valence-electron chi connectivity index (χ0n) is 15.5. The van der Waals surface area contributed by atoms with Gasteiger partial charge in [0.2, 0.25) is 11.8 Å². The number of likely N-dealkylation sites (tertiary alicyclic amines) is 1. The van der Waals surface area contributed by atoms with Gasteiger partial charge >= 0.3 is 0 Å². The molecule has 2 heterocycles. The third kappa shape index (κ3) is 4.00. The lowest BCUT2D eigenvalue weighted by Crippen LogP contribution is -2.45. The van der Waals surface area contributed by atoms with Gasteiger partial charge in [0.05, 0.1) is 13.0 Å². The molecule has 1 aromatic carbocycles. The molecule has 6 heteroatoms. The first-order valence-electron chi connectivity index (χ1n) is 9.32. The van der Waals surface area contributed by atoms with Crippen molar-refractivity contribution >= 4 is 22.7 Å². The second-order valence-corrected chi connectivity index (χ2v) is 6.80. The average molecular weight is 357 g/mol. The maximum absolute atomic E-state index is 12.5. The molecule has 2 amide bonds. The highest BCUT2D eigenvalue weighted by Crippen LogP contribution is 2.24.